The monoisotopic (exact) mass is 1100 g/mol. The molecule has 1 unspecified atom stereocenters. The summed E-state index contributed by atoms with van der Waals surface area (Å²) >= 11 is 0. The molecule has 0 amide bonds. The van der Waals surface area contributed by atoms with Gasteiger partial charge in [-0.25, -0.2) is 0 Å². The molecule has 1 atom stereocenters. The van der Waals surface area contributed by atoms with E-state index in [0.29, 0.717) is 19.3 Å². The van der Waals surface area contributed by atoms with Crippen LogP contribution in [-0.4, -0.2) is 37.2 Å². The third kappa shape index (κ3) is 65.3. The minimum absolute atomic E-state index is 0.0856. The molecule has 0 bridgehead atoms. The molecule has 79 heavy (non-hydrogen) atoms. The number of rotatable bonds is 62. The van der Waals surface area contributed by atoms with Crippen LogP contribution in [0.3, 0.4) is 0 Å². The van der Waals surface area contributed by atoms with E-state index in [1.807, 2.05) is 0 Å². The second kappa shape index (κ2) is 67.1. The lowest BCUT2D eigenvalue weighted by Gasteiger charge is -2.18. The zero-order valence-corrected chi connectivity index (χ0v) is 52.4. The first-order valence-electron chi connectivity index (χ1n) is 34.1. The molecule has 0 aliphatic carbocycles. The first kappa shape index (κ1) is 75.6. The van der Waals surface area contributed by atoms with Crippen LogP contribution in [0.2, 0.25) is 0 Å². The van der Waals surface area contributed by atoms with Crippen LogP contribution in [0, 0.1) is 0 Å². The van der Waals surface area contributed by atoms with Crippen molar-refractivity contribution in [2.45, 2.75) is 348 Å². The number of hydrogen-bond donors (Lipinski definition) is 0. The summed E-state index contributed by atoms with van der Waals surface area (Å²) in [6.45, 7) is 6.54. The van der Waals surface area contributed by atoms with Gasteiger partial charge in [-0.3, -0.25) is 14.4 Å². The van der Waals surface area contributed by atoms with Crippen molar-refractivity contribution in [3.05, 3.63) is 85.1 Å². The van der Waals surface area contributed by atoms with Gasteiger partial charge in [-0.05, 0) is 96.3 Å². The average Bonchev–Trinajstić information content (AvgIpc) is 3.45. The van der Waals surface area contributed by atoms with Crippen LogP contribution in [0.15, 0.2) is 85.1 Å². The maximum absolute atomic E-state index is 13.0. The van der Waals surface area contributed by atoms with E-state index in [1.165, 1.54) is 193 Å². The summed E-state index contributed by atoms with van der Waals surface area (Å²) in [5, 5.41) is 0. The number of ether oxygens (including phenoxy) is 3. The normalized spacial score (nSPS) is 12.6. The van der Waals surface area contributed by atoms with Crippen molar-refractivity contribution in [1.29, 1.82) is 0 Å². The number of esters is 3. The molecule has 0 spiro atoms. The third-order valence-electron chi connectivity index (χ3n) is 14.9. The van der Waals surface area contributed by atoms with Crippen molar-refractivity contribution < 1.29 is 28.6 Å². The summed E-state index contributed by atoms with van der Waals surface area (Å²) < 4.78 is 17.0. The standard InChI is InChI=1S/C73H128O6/c1-4-7-10-13-16-19-22-25-28-31-34-36-39-42-45-48-51-54-57-60-63-66-72(75)78-69-70(68-77-71(74)65-62-59-56-53-50-47-44-41-38-33-30-27-24-21-18-15-12-9-6-3)79-73(76)67-64-61-58-55-52-49-46-43-40-37-35-32-29-26-23-20-17-14-11-8-5-2/h9,12,18,21-22,25,27,30-31,34,38-39,41-42,70H,4-8,10-11,13-17,19-20,23-24,26,28-29,32-33,35-37,40,43-69H2,1-3H3/b12-9-,21-18-,25-22-,30-27-,34-31-,41-38-,42-39-. The number of allylic oxidation sites excluding steroid dienone is 14. The Hall–Kier alpha value is -3.41. The highest BCUT2D eigenvalue weighted by Crippen LogP contribution is 2.17. The Labute approximate surface area is 490 Å². The first-order valence-corrected chi connectivity index (χ1v) is 34.1. The van der Waals surface area contributed by atoms with E-state index in [1.54, 1.807) is 0 Å². The van der Waals surface area contributed by atoms with Crippen LogP contribution < -0.4 is 0 Å². The van der Waals surface area contributed by atoms with Crippen LogP contribution in [0.5, 0.6) is 0 Å². The predicted molar refractivity (Wildman–Crippen MR) is 344 cm³/mol. The number of carbonyl (C=O) groups is 3. The summed E-state index contributed by atoms with van der Waals surface area (Å²) in [7, 11) is 0. The Kier molecular flexibility index (Phi) is 64.2. The van der Waals surface area contributed by atoms with Gasteiger partial charge < -0.3 is 14.2 Å². The van der Waals surface area contributed by atoms with Crippen molar-refractivity contribution in [3.63, 3.8) is 0 Å². The Morgan fingerprint density at radius 1 is 0.266 bits per heavy atom. The van der Waals surface area contributed by atoms with Crippen molar-refractivity contribution >= 4 is 17.9 Å². The van der Waals surface area contributed by atoms with Crippen molar-refractivity contribution in [3.8, 4) is 0 Å². The first-order chi connectivity index (χ1) is 39.0. The Bertz CT molecular complexity index is 1500. The molecule has 0 aromatic carbocycles. The van der Waals surface area contributed by atoms with Crippen LogP contribution in [0.1, 0.15) is 342 Å². The fraction of sp³-hybridized carbons (Fsp3) is 0.767. The van der Waals surface area contributed by atoms with Gasteiger partial charge in [0.15, 0.2) is 6.10 Å². The maximum Gasteiger partial charge on any atom is 0.306 e. The molecular formula is C73H128O6. The molecule has 0 aromatic rings. The van der Waals surface area contributed by atoms with E-state index < -0.39 is 6.10 Å². The second-order valence-corrected chi connectivity index (χ2v) is 22.7. The highest BCUT2D eigenvalue weighted by atomic mass is 16.6. The Morgan fingerprint density at radius 2 is 0.494 bits per heavy atom. The van der Waals surface area contributed by atoms with Crippen LogP contribution in [0.4, 0.5) is 0 Å². The highest BCUT2D eigenvalue weighted by Gasteiger charge is 2.19. The molecule has 0 aromatic heterocycles. The zero-order chi connectivity index (χ0) is 57.1. The van der Waals surface area contributed by atoms with Gasteiger partial charge in [0.25, 0.3) is 0 Å². The molecule has 0 saturated heterocycles. The Morgan fingerprint density at radius 3 is 0.772 bits per heavy atom. The van der Waals surface area contributed by atoms with E-state index in [0.717, 1.165) is 109 Å². The second-order valence-electron chi connectivity index (χ2n) is 22.7. The topological polar surface area (TPSA) is 78.9 Å². The lowest BCUT2D eigenvalue weighted by Crippen LogP contribution is -2.30. The van der Waals surface area contributed by atoms with Gasteiger partial charge in [-0.1, -0.05) is 311 Å². The summed E-state index contributed by atoms with van der Waals surface area (Å²) in [6, 6.07) is 0. The van der Waals surface area contributed by atoms with Gasteiger partial charge in [-0.15, -0.1) is 0 Å². The summed E-state index contributed by atoms with van der Waals surface area (Å²) in [4.78, 5) is 38.4. The molecule has 0 saturated carbocycles. The van der Waals surface area contributed by atoms with Gasteiger partial charge in [0.05, 0.1) is 0 Å². The number of hydrogen-bond acceptors (Lipinski definition) is 6. The Balaban J connectivity index is 4.41. The fourth-order valence-electron chi connectivity index (χ4n) is 9.80. The fourth-order valence-corrected chi connectivity index (χ4v) is 9.80. The minimum atomic E-state index is -0.789. The van der Waals surface area contributed by atoms with Gasteiger partial charge in [0.1, 0.15) is 13.2 Å². The molecule has 0 radical (unpaired) electrons. The van der Waals surface area contributed by atoms with Crippen LogP contribution in [-0.2, 0) is 28.6 Å². The van der Waals surface area contributed by atoms with Crippen molar-refractivity contribution in [2.75, 3.05) is 13.2 Å². The molecular weight excluding hydrogens is 973 g/mol. The molecule has 0 aliphatic rings. The predicted octanol–water partition coefficient (Wildman–Crippen LogP) is 23.4. The largest absolute Gasteiger partial charge is 0.462 e. The van der Waals surface area contributed by atoms with Gasteiger partial charge in [-0.2, -0.15) is 0 Å². The summed E-state index contributed by atoms with van der Waals surface area (Å²) in [5.74, 6) is -0.892. The molecule has 456 valence electrons. The van der Waals surface area contributed by atoms with Crippen LogP contribution >= 0.6 is 0 Å². The van der Waals surface area contributed by atoms with E-state index in [9.17, 15) is 14.4 Å². The van der Waals surface area contributed by atoms with E-state index in [2.05, 4.69) is 106 Å². The van der Waals surface area contributed by atoms with Crippen LogP contribution in [0.25, 0.3) is 0 Å². The molecule has 6 nitrogen and oxygen atoms in total. The van der Waals surface area contributed by atoms with Crippen molar-refractivity contribution in [2.24, 2.45) is 0 Å². The molecule has 0 aliphatic heterocycles. The van der Waals surface area contributed by atoms with Gasteiger partial charge in [0, 0.05) is 19.3 Å². The molecule has 0 fully saturated rings. The quantitative estimate of drug-likeness (QED) is 0.0261. The maximum atomic E-state index is 13.0. The van der Waals surface area contributed by atoms with Crippen molar-refractivity contribution in [1.82, 2.24) is 0 Å². The number of unbranched alkanes of at least 4 members (excludes halogenated alkanes) is 37. The summed E-state index contributed by atoms with van der Waals surface area (Å²) in [6.07, 6.45) is 88.8. The molecule has 0 rings (SSSR count). The lowest BCUT2D eigenvalue weighted by atomic mass is 10.0. The van der Waals surface area contributed by atoms with Gasteiger partial charge >= 0.3 is 17.9 Å². The highest BCUT2D eigenvalue weighted by molar-refractivity contribution is 5.71. The smallest absolute Gasteiger partial charge is 0.306 e. The van der Waals surface area contributed by atoms with E-state index >= 15 is 0 Å². The van der Waals surface area contributed by atoms with E-state index in [-0.39, 0.29) is 31.1 Å². The molecule has 0 heterocycles. The average molecular weight is 1100 g/mol. The lowest BCUT2D eigenvalue weighted by molar-refractivity contribution is -0.167. The van der Waals surface area contributed by atoms with Gasteiger partial charge in [0.2, 0.25) is 0 Å². The molecule has 6 heteroatoms. The third-order valence-corrected chi connectivity index (χ3v) is 14.9. The SMILES string of the molecule is CC/C=C\C/C=C\C/C=C\C/C=C\CCCCCCCCC(=O)OCC(COC(=O)CCCCCCCC/C=C\C/C=C\C/C=C\CCCCCCC)OC(=O)CCCCCCCCCCCCCCCCCCCCCCC. The number of carbonyl (C=O) groups excluding carboxylic acids is 3. The van der Waals surface area contributed by atoms with E-state index in [4.69, 9.17) is 14.2 Å². The zero-order valence-electron chi connectivity index (χ0n) is 52.4. The summed E-state index contributed by atoms with van der Waals surface area (Å²) in [5.41, 5.74) is 0. The minimum Gasteiger partial charge on any atom is -0.462 e. The molecule has 0 N–H and O–H groups in total.